The molecule has 2 rings (SSSR count). The van der Waals surface area contributed by atoms with Gasteiger partial charge in [-0.25, -0.2) is 0 Å². The van der Waals surface area contributed by atoms with Gasteiger partial charge < -0.3 is 5.11 Å². The van der Waals surface area contributed by atoms with Gasteiger partial charge in [-0.3, -0.25) is 0 Å². The predicted octanol–water partition coefficient (Wildman–Crippen LogP) is 0.183. The molecule has 1 aliphatic carbocycles. The van der Waals surface area contributed by atoms with Gasteiger partial charge in [-0.05, 0) is 24.3 Å². The Kier molecular flexibility index (Phi) is 1.93. The summed E-state index contributed by atoms with van der Waals surface area (Å²) in [6, 6.07) is 8.62. The largest absolute Gasteiger partial charge is 0.393 e. The van der Waals surface area contributed by atoms with Gasteiger partial charge in [0.15, 0.2) is 0 Å². The molecule has 1 nitrogen and oxygen atoms in total. The second-order valence-corrected chi connectivity index (χ2v) is 3.73. The summed E-state index contributed by atoms with van der Waals surface area (Å²) < 4.78 is 0. The topological polar surface area (TPSA) is 20.2 Å². The Hall–Kier alpha value is -0.755. The van der Waals surface area contributed by atoms with Gasteiger partial charge in [-0.2, -0.15) is 0 Å². The van der Waals surface area contributed by atoms with Crippen LogP contribution < -0.4 is 5.46 Å². The van der Waals surface area contributed by atoms with Crippen LogP contribution in [-0.2, 0) is 0 Å². The Bertz CT molecular complexity index is 262. The highest BCUT2D eigenvalue weighted by Crippen LogP contribution is 2.36. The second-order valence-electron chi connectivity index (χ2n) is 3.73. The zero-order valence-electron chi connectivity index (χ0n) is 7.33. The molecule has 0 spiro atoms. The summed E-state index contributed by atoms with van der Waals surface area (Å²) in [6.07, 6.45) is 1.85. The normalized spacial score (nSPS) is 28.1. The van der Waals surface area contributed by atoms with Gasteiger partial charge in [0, 0.05) is 0 Å². The Balaban J connectivity index is 2.09. The molecule has 1 N–H and O–H groups in total. The molecular weight excluding hydrogens is 147 g/mol. The van der Waals surface area contributed by atoms with E-state index in [0.29, 0.717) is 5.92 Å². The Morgan fingerprint density at radius 1 is 1.17 bits per heavy atom. The lowest BCUT2D eigenvalue weighted by atomic mass is 9.77. The molecule has 1 saturated carbocycles. The molecule has 0 saturated heterocycles. The van der Waals surface area contributed by atoms with E-state index in [2.05, 4.69) is 32.1 Å². The number of aliphatic hydroxyl groups is 1. The van der Waals surface area contributed by atoms with Crippen molar-refractivity contribution >= 4 is 13.3 Å². The fraction of sp³-hybridized carbons (Fsp3) is 0.400. The van der Waals surface area contributed by atoms with Crippen LogP contribution in [0.2, 0.25) is 0 Å². The van der Waals surface area contributed by atoms with Gasteiger partial charge in [0.1, 0.15) is 7.85 Å². The summed E-state index contributed by atoms with van der Waals surface area (Å²) in [7, 11) is 2.10. The summed E-state index contributed by atoms with van der Waals surface area (Å²) in [6.45, 7) is 0. The van der Waals surface area contributed by atoms with Crippen molar-refractivity contribution in [2.45, 2.75) is 24.9 Å². The molecule has 2 heteroatoms. The third-order valence-corrected chi connectivity index (χ3v) is 2.66. The van der Waals surface area contributed by atoms with Gasteiger partial charge in [-0.15, -0.1) is 0 Å². The van der Waals surface area contributed by atoms with Crippen LogP contribution in [0.25, 0.3) is 0 Å². The predicted molar refractivity (Wildman–Crippen MR) is 52.6 cm³/mol. The van der Waals surface area contributed by atoms with Crippen molar-refractivity contribution in [3.63, 3.8) is 0 Å². The zero-order valence-corrected chi connectivity index (χ0v) is 7.33. The summed E-state index contributed by atoms with van der Waals surface area (Å²) in [4.78, 5) is 0. The summed E-state index contributed by atoms with van der Waals surface area (Å²) in [5.74, 6) is 0.612. The van der Waals surface area contributed by atoms with Crippen LogP contribution in [0, 0.1) is 0 Å². The molecule has 0 unspecified atom stereocenters. The number of rotatable bonds is 1. The van der Waals surface area contributed by atoms with Crippen LogP contribution in [0.5, 0.6) is 0 Å². The Morgan fingerprint density at radius 2 is 1.75 bits per heavy atom. The minimum atomic E-state index is -0.0451. The minimum absolute atomic E-state index is 0.0451. The van der Waals surface area contributed by atoms with Crippen molar-refractivity contribution in [2.24, 2.45) is 0 Å². The van der Waals surface area contributed by atoms with E-state index in [1.54, 1.807) is 0 Å². The molecule has 1 aliphatic rings. The van der Waals surface area contributed by atoms with E-state index in [-0.39, 0.29) is 6.10 Å². The van der Waals surface area contributed by atoms with Crippen LogP contribution in [0.3, 0.4) is 0 Å². The first-order chi connectivity index (χ1) is 5.75. The summed E-state index contributed by atoms with van der Waals surface area (Å²) >= 11 is 0. The lowest BCUT2D eigenvalue weighted by Crippen LogP contribution is -2.26. The number of benzene rings is 1. The lowest BCUT2D eigenvalue weighted by Gasteiger charge is -2.31. The standard InChI is InChI=1S/C10H13BO/c11-9-3-1-7(2-4-9)8-5-10(12)6-8/h1-4,8,10,12H,5-6,11H2. The lowest BCUT2D eigenvalue weighted by molar-refractivity contribution is 0.0746. The smallest absolute Gasteiger partial charge is 0.139 e. The first-order valence-electron chi connectivity index (χ1n) is 4.50. The Labute approximate surface area is 73.8 Å². The third-order valence-electron chi connectivity index (χ3n) is 2.66. The van der Waals surface area contributed by atoms with Crippen molar-refractivity contribution in [2.75, 3.05) is 0 Å². The molecule has 0 amide bonds. The van der Waals surface area contributed by atoms with Crippen molar-refractivity contribution in [1.82, 2.24) is 0 Å². The quantitative estimate of drug-likeness (QED) is 0.581. The van der Waals surface area contributed by atoms with Crippen molar-refractivity contribution < 1.29 is 5.11 Å². The average molecular weight is 160 g/mol. The summed E-state index contributed by atoms with van der Waals surface area (Å²) in [5.41, 5.74) is 2.68. The highest BCUT2D eigenvalue weighted by atomic mass is 16.3. The minimum Gasteiger partial charge on any atom is -0.393 e. The van der Waals surface area contributed by atoms with Crippen molar-refractivity contribution in [3.8, 4) is 0 Å². The molecule has 0 aromatic heterocycles. The molecule has 1 aromatic rings. The molecule has 0 bridgehead atoms. The molecule has 1 fully saturated rings. The number of hydrogen-bond donors (Lipinski definition) is 1. The fourth-order valence-electron chi connectivity index (χ4n) is 1.70. The van der Waals surface area contributed by atoms with Crippen molar-refractivity contribution in [3.05, 3.63) is 29.8 Å². The van der Waals surface area contributed by atoms with Gasteiger partial charge >= 0.3 is 0 Å². The molecule has 12 heavy (non-hydrogen) atoms. The zero-order chi connectivity index (χ0) is 8.55. The fourth-order valence-corrected chi connectivity index (χ4v) is 1.70. The van der Waals surface area contributed by atoms with E-state index < -0.39 is 0 Å². The number of aliphatic hydroxyl groups excluding tert-OH is 1. The molecule has 62 valence electrons. The molecule has 0 aliphatic heterocycles. The molecule has 0 radical (unpaired) electrons. The van der Waals surface area contributed by atoms with Crippen LogP contribution in [0.1, 0.15) is 24.3 Å². The first kappa shape index (κ1) is 7.87. The maximum atomic E-state index is 9.13. The van der Waals surface area contributed by atoms with Gasteiger partial charge in [0.25, 0.3) is 0 Å². The van der Waals surface area contributed by atoms with E-state index in [9.17, 15) is 0 Å². The van der Waals surface area contributed by atoms with Crippen LogP contribution in [0.15, 0.2) is 24.3 Å². The molecular formula is C10H13BO. The molecule has 0 heterocycles. The van der Waals surface area contributed by atoms with Gasteiger partial charge in [-0.1, -0.05) is 29.7 Å². The number of hydrogen-bond acceptors (Lipinski definition) is 1. The highest BCUT2D eigenvalue weighted by molar-refractivity contribution is 6.32. The molecule has 0 atom stereocenters. The van der Waals surface area contributed by atoms with Crippen LogP contribution in [-0.4, -0.2) is 19.1 Å². The van der Waals surface area contributed by atoms with Crippen molar-refractivity contribution in [1.29, 1.82) is 0 Å². The summed E-state index contributed by atoms with van der Waals surface area (Å²) in [5, 5.41) is 9.13. The van der Waals surface area contributed by atoms with Crippen LogP contribution >= 0.6 is 0 Å². The SMILES string of the molecule is Bc1ccc(C2CC(O)C2)cc1. The molecule has 1 aromatic carbocycles. The van der Waals surface area contributed by atoms with Gasteiger partial charge in [0.2, 0.25) is 0 Å². The Morgan fingerprint density at radius 3 is 2.25 bits per heavy atom. The average Bonchev–Trinajstić information content (AvgIpc) is 2.01. The highest BCUT2D eigenvalue weighted by Gasteiger charge is 2.27. The van der Waals surface area contributed by atoms with E-state index in [1.165, 1.54) is 11.0 Å². The van der Waals surface area contributed by atoms with E-state index in [0.717, 1.165) is 12.8 Å². The maximum Gasteiger partial charge on any atom is 0.139 e. The third kappa shape index (κ3) is 1.39. The second kappa shape index (κ2) is 2.94. The van der Waals surface area contributed by atoms with Crippen LogP contribution in [0.4, 0.5) is 0 Å². The maximum absolute atomic E-state index is 9.13. The van der Waals surface area contributed by atoms with E-state index in [1.807, 2.05) is 0 Å². The van der Waals surface area contributed by atoms with E-state index >= 15 is 0 Å². The van der Waals surface area contributed by atoms with Gasteiger partial charge in [0.05, 0.1) is 6.10 Å². The van der Waals surface area contributed by atoms with E-state index in [4.69, 9.17) is 5.11 Å². The first-order valence-corrected chi connectivity index (χ1v) is 4.50. The monoisotopic (exact) mass is 160 g/mol.